The normalized spacial score (nSPS) is 9.68. The molecule has 3 N–H and O–H groups in total. The zero-order chi connectivity index (χ0) is 28.9. The molecule has 0 heterocycles. The van der Waals surface area contributed by atoms with Crippen molar-refractivity contribution in [2.24, 2.45) is 0 Å². The van der Waals surface area contributed by atoms with Crippen LogP contribution in [-0.4, -0.2) is 49.3 Å². The van der Waals surface area contributed by atoms with E-state index in [4.69, 9.17) is 9.84 Å². The molecule has 0 aliphatic carbocycles. The van der Waals surface area contributed by atoms with Crippen molar-refractivity contribution in [1.82, 2.24) is 10.6 Å². The number of aliphatic carboxylic acids is 1. The molecule has 0 saturated heterocycles. The van der Waals surface area contributed by atoms with E-state index in [1.54, 1.807) is 17.8 Å². The maximum Gasteiger partial charge on any atom is 0.341 e. The van der Waals surface area contributed by atoms with Gasteiger partial charge in [0.15, 0.2) is 6.61 Å². The molecule has 40 heavy (non-hydrogen) atoms. The number of hydrogen-bond acceptors (Lipinski definition) is 5. The molecule has 0 spiro atoms. The molecular weight excluding hydrogens is 524 g/mol. The molecule has 0 atom stereocenters. The summed E-state index contributed by atoms with van der Waals surface area (Å²) < 4.78 is 5.32. The van der Waals surface area contributed by atoms with Crippen molar-refractivity contribution in [2.45, 2.75) is 11.8 Å². The molecule has 3 rings (SSSR count). The lowest BCUT2D eigenvalue weighted by atomic mass is 9.96. The molecule has 0 unspecified atom stereocenters. The van der Waals surface area contributed by atoms with Crippen molar-refractivity contribution < 1.29 is 24.2 Å². The van der Waals surface area contributed by atoms with Crippen molar-refractivity contribution in [1.29, 1.82) is 0 Å². The van der Waals surface area contributed by atoms with Crippen molar-refractivity contribution in [3.8, 4) is 29.4 Å². The van der Waals surface area contributed by atoms with Crippen LogP contribution in [0.25, 0.3) is 5.57 Å². The van der Waals surface area contributed by atoms with Crippen LogP contribution >= 0.6 is 11.8 Å². The molecule has 0 aliphatic rings. The van der Waals surface area contributed by atoms with Gasteiger partial charge in [0.1, 0.15) is 5.75 Å². The number of nitrogens with one attached hydrogen (secondary N) is 2. The van der Waals surface area contributed by atoms with Crippen molar-refractivity contribution >= 4 is 35.1 Å². The largest absolute Gasteiger partial charge is 0.482 e. The number of benzene rings is 3. The molecule has 0 bridgehead atoms. The smallest absolute Gasteiger partial charge is 0.341 e. The first kappa shape index (κ1) is 29.6. The summed E-state index contributed by atoms with van der Waals surface area (Å²) in [6.07, 6.45) is 2.13. The molecule has 3 aromatic carbocycles. The van der Waals surface area contributed by atoms with E-state index in [-0.39, 0.29) is 18.4 Å². The van der Waals surface area contributed by atoms with Gasteiger partial charge < -0.3 is 20.5 Å². The van der Waals surface area contributed by atoms with Crippen LogP contribution in [0.15, 0.2) is 77.7 Å². The first-order chi connectivity index (χ1) is 19.3. The summed E-state index contributed by atoms with van der Waals surface area (Å²) in [4.78, 5) is 34.7. The van der Waals surface area contributed by atoms with Crippen LogP contribution in [0.5, 0.6) is 5.75 Å². The zero-order valence-corrected chi connectivity index (χ0v) is 23.1. The fraction of sp³-hybridized carbons (Fsp3) is 0.156. The Kier molecular flexibility index (Phi) is 11.0. The van der Waals surface area contributed by atoms with Crippen LogP contribution < -0.4 is 15.4 Å². The van der Waals surface area contributed by atoms with E-state index in [0.29, 0.717) is 11.5 Å². The number of carbonyl (C=O) groups excluding carboxylic acids is 2. The summed E-state index contributed by atoms with van der Waals surface area (Å²) in [5.74, 6) is 10.3. The number of hydrogen-bond donors (Lipinski definition) is 3. The number of thioether (sulfide) groups is 1. The highest BCUT2D eigenvalue weighted by molar-refractivity contribution is 7.99. The average molecular weight is 553 g/mol. The van der Waals surface area contributed by atoms with Crippen LogP contribution in [0.4, 0.5) is 0 Å². The number of amides is 2. The van der Waals surface area contributed by atoms with Crippen LogP contribution in [0.2, 0.25) is 0 Å². The Morgan fingerprint density at radius 2 is 1.38 bits per heavy atom. The zero-order valence-electron chi connectivity index (χ0n) is 22.3. The molecule has 3 aromatic rings. The number of rotatable bonds is 8. The van der Waals surface area contributed by atoms with Crippen molar-refractivity contribution in [3.63, 3.8) is 0 Å². The van der Waals surface area contributed by atoms with Gasteiger partial charge in [-0.25, -0.2) is 4.79 Å². The first-order valence-corrected chi connectivity index (χ1v) is 13.2. The maximum atomic E-state index is 11.4. The van der Waals surface area contributed by atoms with Gasteiger partial charge in [0.25, 0.3) is 11.8 Å². The molecule has 8 heteroatoms. The predicted octanol–water partition coefficient (Wildman–Crippen LogP) is 3.88. The Labute approximate surface area is 238 Å². The highest BCUT2D eigenvalue weighted by atomic mass is 32.2. The van der Waals surface area contributed by atoms with Gasteiger partial charge in [0, 0.05) is 47.7 Å². The molecule has 0 aromatic heterocycles. The lowest BCUT2D eigenvalue weighted by Gasteiger charge is -2.11. The van der Waals surface area contributed by atoms with E-state index in [1.807, 2.05) is 67.6 Å². The lowest BCUT2D eigenvalue weighted by molar-refractivity contribution is -0.139. The van der Waals surface area contributed by atoms with Crippen LogP contribution in [0, 0.1) is 30.6 Å². The average Bonchev–Trinajstić information content (AvgIpc) is 2.97. The Balaban J connectivity index is 1.86. The first-order valence-electron chi connectivity index (χ1n) is 12.3. The minimum Gasteiger partial charge on any atom is -0.482 e. The quantitative estimate of drug-likeness (QED) is 0.290. The summed E-state index contributed by atoms with van der Waals surface area (Å²) in [6, 6.07) is 21.0. The monoisotopic (exact) mass is 552 g/mol. The SMILES string of the molecule is CNC(=O)C#Cc1ccc(C(=CCSc2ccc(OCC(=O)O)c(C)c2)c2ccc(C#CC(=O)NC)cc2)cc1. The van der Waals surface area contributed by atoms with Crippen LogP contribution in [-0.2, 0) is 14.4 Å². The summed E-state index contributed by atoms with van der Waals surface area (Å²) in [5.41, 5.74) is 5.26. The molecule has 7 nitrogen and oxygen atoms in total. The van der Waals surface area contributed by atoms with Gasteiger partial charge in [-0.3, -0.25) is 9.59 Å². The predicted molar refractivity (Wildman–Crippen MR) is 157 cm³/mol. The highest BCUT2D eigenvalue weighted by Crippen LogP contribution is 2.29. The highest BCUT2D eigenvalue weighted by Gasteiger charge is 2.08. The van der Waals surface area contributed by atoms with E-state index in [0.717, 1.165) is 38.3 Å². The number of ether oxygens (including phenoxy) is 1. The van der Waals surface area contributed by atoms with Gasteiger partial charge in [0.05, 0.1) is 0 Å². The number of carbonyl (C=O) groups is 3. The van der Waals surface area contributed by atoms with Gasteiger partial charge in [-0.2, -0.15) is 0 Å². The second kappa shape index (κ2) is 14.9. The van der Waals surface area contributed by atoms with Gasteiger partial charge >= 0.3 is 5.97 Å². The molecule has 0 saturated carbocycles. The number of carboxylic acids is 1. The fourth-order valence-corrected chi connectivity index (χ4v) is 4.35. The van der Waals surface area contributed by atoms with E-state index < -0.39 is 5.97 Å². The summed E-state index contributed by atoms with van der Waals surface area (Å²) in [7, 11) is 3.07. The third-order valence-corrected chi connectivity index (χ3v) is 6.44. The van der Waals surface area contributed by atoms with Gasteiger partial charge in [-0.1, -0.05) is 42.2 Å². The molecule has 202 valence electrons. The Bertz CT molecular complexity index is 1460. The molecule has 2 amide bonds. The van der Waals surface area contributed by atoms with E-state index >= 15 is 0 Å². The summed E-state index contributed by atoms with van der Waals surface area (Å²) in [6.45, 7) is 1.50. The van der Waals surface area contributed by atoms with Crippen LogP contribution in [0.3, 0.4) is 0 Å². The minimum atomic E-state index is -1.02. The minimum absolute atomic E-state index is 0.349. The molecular formula is C32H28N2O5S. The van der Waals surface area contributed by atoms with Crippen molar-refractivity contribution in [3.05, 3.63) is 101 Å². The second-order valence-electron chi connectivity index (χ2n) is 8.35. The molecule has 0 aliphatic heterocycles. The lowest BCUT2D eigenvalue weighted by Crippen LogP contribution is -2.14. The third kappa shape index (κ3) is 9.13. The Morgan fingerprint density at radius 3 is 1.82 bits per heavy atom. The van der Waals surface area contributed by atoms with E-state index in [1.165, 1.54) is 14.1 Å². The van der Waals surface area contributed by atoms with Crippen molar-refractivity contribution in [2.75, 3.05) is 26.5 Å². The van der Waals surface area contributed by atoms with E-state index in [9.17, 15) is 14.4 Å². The fourth-order valence-electron chi connectivity index (χ4n) is 3.49. The topological polar surface area (TPSA) is 105 Å². The Hall–Kier alpha value is -4.92. The van der Waals surface area contributed by atoms with E-state index in [2.05, 4.69) is 40.4 Å². The second-order valence-corrected chi connectivity index (χ2v) is 9.44. The van der Waals surface area contributed by atoms with Gasteiger partial charge in [-0.05, 0) is 71.7 Å². The van der Waals surface area contributed by atoms with Crippen LogP contribution in [0.1, 0.15) is 27.8 Å². The molecule has 0 radical (unpaired) electrons. The molecule has 0 fully saturated rings. The standard InChI is InChI=1S/C32H28N2O5S/c1-22-20-27(14-15-29(22)39-21-32(37)38)40-19-18-28(25-10-4-23(5-11-25)8-16-30(35)33-2)26-12-6-24(7-13-26)9-17-31(36)34-3/h4-7,10-15,18,20H,19,21H2,1-3H3,(H,33,35)(H,34,36)(H,37,38). The van der Waals surface area contributed by atoms with Gasteiger partial charge in [-0.15, -0.1) is 11.8 Å². The summed E-state index contributed by atoms with van der Waals surface area (Å²) >= 11 is 1.64. The number of aryl methyl sites for hydroxylation is 1. The Morgan fingerprint density at radius 1 is 0.850 bits per heavy atom. The number of carboxylic acid groups (broad SMARTS) is 1. The maximum absolute atomic E-state index is 11.4. The summed E-state index contributed by atoms with van der Waals surface area (Å²) in [5, 5.41) is 13.8. The van der Waals surface area contributed by atoms with Gasteiger partial charge in [0.2, 0.25) is 0 Å². The third-order valence-electron chi connectivity index (χ3n) is 5.52.